The minimum absolute atomic E-state index is 0.0144. The summed E-state index contributed by atoms with van der Waals surface area (Å²) in [6.45, 7) is 1.50. The third kappa shape index (κ3) is 3.79. The first kappa shape index (κ1) is 17.3. The molecule has 0 aliphatic carbocycles. The Labute approximate surface area is 146 Å². The molecule has 0 saturated carbocycles. The number of likely N-dealkylation sites (tertiary alicyclic amines) is 1. The number of rotatable bonds is 5. The fraction of sp³-hybridized carbons (Fsp3) is 0.529. The van der Waals surface area contributed by atoms with Crippen LogP contribution >= 0.6 is 0 Å². The minimum atomic E-state index is -0.0681. The van der Waals surface area contributed by atoms with E-state index in [9.17, 15) is 9.59 Å². The summed E-state index contributed by atoms with van der Waals surface area (Å²) in [4.78, 5) is 26.5. The summed E-state index contributed by atoms with van der Waals surface area (Å²) < 4.78 is 1.68. The number of carbonyl (C=O) groups excluding carboxylic acids is 2. The van der Waals surface area contributed by atoms with Crippen LogP contribution in [0, 0.1) is 0 Å². The van der Waals surface area contributed by atoms with Gasteiger partial charge in [0.2, 0.25) is 5.91 Å². The lowest BCUT2D eigenvalue weighted by Gasteiger charge is -2.36. The monoisotopic (exact) mass is 344 g/mol. The molecule has 1 unspecified atom stereocenters. The van der Waals surface area contributed by atoms with Gasteiger partial charge < -0.3 is 16.0 Å². The van der Waals surface area contributed by atoms with Gasteiger partial charge in [0.15, 0.2) is 0 Å². The number of benzene rings is 1. The van der Waals surface area contributed by atoms with Crippen LogP contribution in [0.1, 0.15) is 36.0 Å². The van der Waals surface area contributed by atoms with Crippen molar-refractivity contribution in [3.63, 3.8) is 0 Å². The van der Waals surface area contributed by atoms with Crippen LogP contribution in [0.15, 0.2) is 18.2 Å². The first-order valence-electron chi connectivity index (χ1n) is 8.67. The van der Waals surface area contributed by atoms with Crippen LogP contribution in [0.5, 0.6) is 0 Å². The second-order valence-corrected chi connectivity index (χ2v) is 6.41. The number of fused-ring (bicyclic) bond motifs is 1. The quantitative estimate of drug-likeness (QED) is 0.818. The highest BCUT2D eigenvalue weighted by Gasteiger charge is 2.28. The van der Waals surface area contributed by atoms with Crippen LogP contribution in [-0.2, 0) is 11.8 Å². The van der Waals surface area contributed by atoms with Gasteiger partial charge >= 0.3 is 0 Å². The maximum Gasteiger partial charge on any atom is 0.254 e. The van der Waals surface area contributed by atoms with Crippen molar-refractivity contribution in [2.45, 2.75) is 31.7 Å². The number of nitrogens with zero attached hydrogens (tertiary/aromatic N) is 4. The predicted octanol–water partition coefficient (Wildman–Crippen LogP) is 0.428. The average molecular weight is 344 g/mol. The summed E-state index contributed by atoms with van der Waals surface area (Å²) in [5, 5.41) is 10.9. The van der Waals surface area contributed by atoms with Gasteiger partial charge in [-0.3, -0.25) is 9.59 Å². The molecular formula is C17H24N6O2. The third-order valence-corrected chi connectivity index (χ3v) is 4.65. The van der Waals surface area contributed by atoms with Crippen LogP contribution in [0.4, 0.5) is 0 Å². The Morgan fingerprint density at radius 3 is 3.00 bits per heavy atom. The molecule has 1 aliphatic heterocycles. The van der Waals surface area contributed by atoms with E-state index in [1.54, 1.807) is 10.7 Å². The average Bonchev–Trinajstić information content (AvgIpc) is 3.00. The van der Waals surface area contributed by atoms with E-state index in [1.807, 2.05) is 24.1 Å². The van der Waals surface area contributed by atoms with Crippen molar-refractivity contribution in [1.29, 1.82) is 0 Å². The van der Waals surface area contributed by atoms with Crippen molar-refractivity contribution in [2.24, 2.45) is 12.8 Å². The zero-order valence-electron chi connectivity index (χ0n) is 14.4. The SMILES string of the molecule is Cn1nnc2cc(C(=O)N3CCCCC3CNC(=O)CCN)ccc21. The van der Waals surface area contributed by atoms with Crippen molar-refractivity contribution in [1.82, 2.24) is 25.2 Å². The Balaban J connectivity index is 1.73. The molecule has 1 atom stereocenters. The first-order valence-corrected chi connectivity index (χ1v) is 8.67. The molecule has 134 valence electrons. The molecular weight excluding hydrogens is 320 g/mol. The van der Waals surface area contributed by atoms with Crippen LogP contribution in [0.2, 0.25) is 0 Å². The molecule has 1 fully saturated rings. The lowest BCUT2D eigenvalue weighted by Crippen LogP contribution is -2.49. The fourth-order valence-corrected chi connectivity index (χ4v) is 3.27. The Bertz CT molecular complexity index is 772. The smallest absolute Gasteiger partial charge is 0.254 e. The summed E-state index contributed by atoms with van der Waals surface area (Å²) in [7, 11) is 1.82. The molecule has 8 nitrogen and oxygen atoms in total. The molecule has 25 heavy (non-hydrogen) atoms. The third-order valence-electron chi connectivity index (χ3n) is 4.65. The number of carbonyl (C=O) groups is 2. The van der Waals surface area contributed by atoms with Crippen molar-refractivity contribution in [2.75, 3.05) is 19.6 Å². The van der Waals surface area contributed by atoms with E-state index >= 15 is 0 Å². The van der Waals surface area contributed by atoms with Gasteiger partial charge in [0.25, 0.3) is 5.91 Å². The zero-order valence-corrected chi connectivity index (χ0v) is 14.4. The predicted molar refractivity (Wildman–Crippen MR) is 93.9 cm³/mol. The lowest BCUT2D eigenvalue weighted by atomic mass is 10.0. The van der Waals surface area contributed by atoms with Crippen molar-refractivity contribution in [3.8, 4) is 0 Å². The first-order chi connectivity index (χ1) is 12.1. The lowest BCUT2D eigenvalue weighted by molar-refractivity contribution is -0.121. The molecule has 1 aromatic carbocycles. The Morgan fingerprint density at radius 1 is 1.36 bits per heavy atom. The normalized spacial score (nSPS) is 17.7. The standard InChI is InChI=1S/C17H24N6O2/c1-22-15-6-5-12(10-14(15)20-21-22)17(25)23-9-3-2-4-13(23)11-19-16(24)7-8-18/h5-6,10,13H,2-4,7-9,11,18H2,1H3,(H,19,24). The molecule has 3 rings (SSSR count). The molecule has 0 spiro atoms. The fourth-order valence-electron chi connectivity index (χ4n) is 3.27. The van der Waals surface area contributed by atoms with E-state index in [0.717, 1.165) is 24.8 Å². The maximum atomic E-state index is 13.0. The van der Waals surface area contributed by atoms with E-state index in [-0.39, 0.29) is 17.9 Å². The number of hydrogen-bond acceptors (Lipinski definition) is 5. The molecule has 0 bridgehead atoms. The summed E-state index contributed by atoms with van der Waals surface area (Å²) in [6.07, 6.45) is 3.24. The molecule has 0 radical (unpaired) electrons. The molecule has 8 heteroatoms. The van der Waals surface area contributed by atoms with Crippen LogP contribution in [0.3, 0.4) is 0 Å². The van der Waals surface area contributed by atoms with Gasteiger partial charge in [0.05, 0.1) is 5.52 Å². The van der Waals surface area contributed by atoms with Gasteiger partial charge in [0.1, 0.15) is 5.52 Å². The highest BCUT2D eigenvalue weighted by molar-refractivity contribution is 5.97. The highest BCUT2D eigenvalue weighted by Crippen LogP contribution is 2.21. The number of aromatic nitrogens is 3. The van der Waals surface area contributed by atoms with Gasteiger partial charge in [-0.15, -0.1) is 5.10 Å². The molecule has 1 saturated heterocycles. The van der Waals surface area contributed by atoms with Crippen molar-refractivity contribution >= 4 is 22.8 Å². The Kier molecular flexibility index (Phi) is 5.28. The molecule has 2 amide bonds. The van der Waals surface area contributed by atoms with Gasteiger partial charge in [-0.05, 0) is 37.5 Å². The summed E-state index contributed by atoms with van der Waals surface area (Å²) >= 11 is 0. The van der Waals surface area contributed by atoms with E-state index in [1.165, 1.54) is 0 Å². The summed E-state index contributed by atoms with van der Waals surface area (Å²) in [6, 6.07) is 5.47. The van der Waals surface area contributed by atoms with E-state index < -0.39 is 0 Å². The van der Waals surface area contributed by atoms with Crippen LogP contribution < -0.4 is 11.1 Å². The number of amides is 2. The van der Waals surface area contributed by atoms with E-state index in [0.29, 0.717) is 37.1 Å². The Morgan fingerprint density at radius 2 is 2.20 bits per heavy atom. The van der Waals surface area contributed by atoms with Crippen molar-refractivity contribution < 1.29 is 9.59 Å². The second kappa shape index (κ2) is 7.60. The van der Waals surface area contributed by atoms with E-state index in [4.69, 9.17) is 5.73 Å². The molecule has 1 aromatic heterocycles. The largest absolute Gasteiger partial charge is 0.354 e. The van der Waals surface area contributed by atoms with Gasteiger partial charge in [-0.25, -0.2) is 4.68 Å². The number of piperidine rings is 1. The second-order valence-electron chi connectivity index (χ2n) is 6.41. The van der Waals surface area contributed by atoms with Crippen molar-refractivity contribution in [3.05, 3.63) is 23.8 Å². The molecule has 1 aliphatic rings. The van der Waals surface area contributed by atoms with Gasteiger partial charge in [0, 0.05) is 44.7 Å². The van der Waals surface area contributed by atoms with Crippen LogP contribution in [-0.4, -0.2) is 57.4 Å². The molecule has 3 N–H and O–H groups in total. The topological polar surface area (TPSA) is 106 Å². The number of hydrogen-bond donors (Lipinski definition) is 2. The molecule has 2 heterocycles. The van der Waals surface area contributed by atoms with Gasteiger partial charge in [-0.1, -0.05) is 5.21 Å². The van der Waals surface area contributed by atoms with Gasteiger partial charge in [-0.2, -0.15) is 0 Å². The maximum absolute atomic E-state index is 13.0. The Hall–Kier alpha value is -2.48. The number of nitrogens with one attached hydrogen (secondary N) is 1. The number of aryl methyl sites for hydroxylation is 1. The summed E-state index contributed by atoms with van der Waals surface area (Å²) in [5.41, 5.74) is 7.60. The summed E-state index contributed by atoms with van der Waals surface area (Å²) in [5.74, 6) is -0.0909. The molecule has 2 aromatic rings. The van der Waals surface area contributed by atoms with Crippen LogP contribution in [0.25, 0.3) is 11.0 Å². The zero-order chi connectivity index (χ0) is 17.8. The highest BCUT2D eigenvalue weighted by atomic mass is 16.2. The van der Waals surface area contributed by atoms with E-state index in [2.05, 4.69) is 15.6 Å². The minimum Gasteiger partial charge on any atom is -0.354 e. The number of nitrogens with two attached hydrogens (primary N) is 1.